The molecule has 1 aliphatic carbocycles. The molecule has 2 aliphatic rings. The van der Waals surface area contributed by atoms with E-state index < -0.39 is 0 Å². The summed E-state index contributed by atoms with van der Waals surface area (Å²) in [7, 11) is 0. The zero-order valence-electron chi connectivity index (χ0n) is 14.5. The van der Waals surface area contributed by atoms with Crippen LogP contribution in [0.15, 0.2) is 47.6 Å². The van der Waals surface area contributed by atoms with Crippen LogP contribution in [0.25, 0.3) is 0 Å². The Bertz CT molecular complexity index is 562. The lowest BCUT2D eigenvalue weighted by Gasteiger charge is -2.36. The summed E-state index contributed by atoms with van der Waals surface area (Å²) < 4.78 is 6.21. The molecule has 0 aromatic rings. The summed E-state index contributed by atoms with van der Waals surface area (Å²) in [6, 6.07) is 0. The minimum Gasteiger partial charge on any atom is -0.358 e. The zero-order valence-corrected chi connectivity index (χ0v) is 14.5. The van der Waals surface area contributed by atoms with E-state index >= 15 is 0 Å². The fourth-order valence-corrected chi connectivity index (χ4v) is 3.73. The van der Waals surface area contributed by atoms with Gasteiger partial charge in [0.25, 0.3) is 0 Å². The average molecular weight is 300 g/mol. The van der Waals surface area contributed by atoms with E-state index in [-0.39, 0.29) is 16.6 Å². The van der Waals surface area contributed by atoms with Crippen molar-refractivity contribution in [3.63, 3.8) is 0 Å². The van der Waals surface area contributed by atoms with E-state index in [1.807, 2.05) is 19.1 Å². The summed E-state index contributed by atoms with van der Waals surface area (Å²) in [4.78, 5) is 10.4. The van der Waals surface area contributed by atoms with Crippen molar-refractivity contribution in [3.05, 3.63) is 47.6 Å². The summed E-state index contributed by atoms with van der Waals surface area (Å²) in [5.74, 6) is 0. The molecule has 2 fully saturated rings. The van der Waals surface area contributed by atoms with E-state index in [9.17, 15) is 4.79 Å². The molecule has 0 N–H and O–H groups in total. The van der Waals surface area contributed by atoms with Gasteiger partial charge in [-0.15, -0.1) is 0 Å². The van der Waals surface area contributed by atoms with Gasteiger partial charge in [-0.25, -0.2) is 0 Å². The van der Waals surface area contributed by atoms with E-state index in [0.29, 0.717) is 0 Å². The molecule has 2 rings (SSSR count). The van der Waals surface area contributed by atoms with Crippen molar-refractivity contribution in [1.82, 2.24) is 0 Å². The molecule has 1 saturated carbocycles. The van der Waals surface area contributed by atoms with Crippen LogP contribution >= 0.6 is 0 Å². The highest BCUT2D eigenvalue weighted by Crippen LogP contribution is 2.66. The number of hydrogen-bond acceptors (Lipinski definition) is 2. The van der Waals surface area contributed by atoms with Crippen LogP contribution < -0.4 is 0 Å². The first-order chi connectivity index (χ1) is 10.3. The second kappa shape index (κ2) is 6.00. The van der Waals surface area contributed by atoms with Crippen LogP contribution in [0.2, 0.25) is 0 Å². The van der Waals surface area contributed by atoms with Crippen LogP contribution in [-0.2, 0) is 9.53 Å². The number of aldehydes is 1. The molecule has 0 radical (unpaired) electrons. The van der Waals surface area contributed by atoms with E-state index in [0.717, 1.165) is 18.3 Å². The lowest BCUT2D eigenvalue weighted by Crippen LogP contribution is -2.41. The molecule has 0 bridgehead atoms. The number of carbonyl (C=O) groups excluding carboxylic acids is 1. The Morgan fingerprint density at radius 1 is 1.00 bits per heavy atom. The van der Waals surface area contributed by atoms with Crippen molar-refractivity contribution in [2.75, 3.05) is 0 Å². The van der Waals surface area contributed by atoms with Crippen molar-refractivity contribution in [2.45, 2.75) is 65.1 Å². The Morgan fingerprint density at radius 3 is 2.32 bits per heavy atom. The molecular formula is C20H28O2. The number of rotatable bonds is 5. The van der Waals surface area contributed by atoms with Gasteiger partial charge in [-0.3, -0.25) is 4.79 Å². The molecule has 0 aromatic heterocycles. The number of allylic oxidation sites excluding steroid dienone is 7. The molecule has 1 saturated heterocycles. The van der Waals surface area contributed by atoms with Crippen molar-refractivity contribution in [1.29, 1.82) is 0 Å². The Kier molecular flexibility index (Phi) is 4.62. The van der Waals surface area contributed by atoms with Gasteiger partial charge in [0.1, 0.15) is 11.9 Å². The fourth-order valence-electron chi connectivity index (χ4n) is 3.73. The topological polar surface area (TPSA) is 29.6 Å². The van der Waals surface area contributed by atoms with Crippen molar-refractivity contribution in [3.8, 4) is 0 Å². The Balaban J connectivity index is 2.08. The van der Waals surface area contributed by atoms with Crippen LogP contribution in [-0.4, -0.2) is 17.5 Å². The molecule has 2 unspecified atom stereocenters. The predicted octanol–water partition coefficient (Wildman–Crippen LogP) is 4.93. The normalized spacial score (nSPS) is 35.0. The Labute approximate surface area is 134 Å². The third kappa shape index (κ3) is 3.03. The average Bonchev–Trinajstić information content (AvgIpc) is 3.05. The molecule has 1 heterocycles. The number of ether oxygens (including phenoxy) is 1. The highest BCUT2D eigenvalue weighted by Gasteiger charge is 2.72. The monoisotopic (exact) mass is 300 g/mol. The highest BCUT2D eigenvalue weighted by atomic mass is 16.6. The zero-order chi connectivity index (χ0) is 16.4. The standard InChI is InChI=1S/C20H28O2/c1-16(8-6-9-17(2)11-15-21)10-14-20-18(3,4)12-7-13-19(20,5)22-20/h6,8-11,14-15H,7,12-13H2,1-5H3/b9-6+,14-10+,16-8+,17-11+. The first-order valence-electron chi connectivity index (χ1n) is 8.13. The van der Waals surface area contributed by atoms with Gasteiger partial charge in [-0.2, -0.15) is 0 Å². The lowest BCUT2D eigenvalue weighted by atomic mass is 9.64. The van der Waals surface area contributed by atoms with Crippen molar-refractivity contribution in [2.24, 2.45) is 5.41 Å². The summed E-state index contributed by atoms with van der Waals surface area (Å²) in [6.45, 7) is 10.9. The molecule has 120 valence electrons. The third-order valence-corrected chi connectivity index (χ3v) is 5.22. The van der Waals surface area contributed by atoms with Crippen LogP contribution in [0.5, 0.6) is 0 Å². The van der Waals surface area contributed by atoms with E-state index in [2.05, 4.69) is 45.9 Å². The second-order valence-corrected chi connectivity index (χ2v) is 7.46. The van der Waals surface area contributed by atoms with Crippen LogP contribution in [0.4, 0.5) is 0 Å². The van der Waals surface area contributed by atoms with Crippen LogP contribution in [0.1, 0.15) is 53.9 Å². The van der Waals surface area contributed by atoms with Gasteiger partial charge in [-0.1, -0.05) is 43.7 Å². The van der Waals surface area contributed by atoms with Gasteiger partial charge in [0.05, 0.1) is 5.60 Å². The van der Waals surface area contributed by atoms with Gasteiger partial charge in [-0.05, 0) is 57.8 Å². The number of fused-ring (bicyclic) bond motifs is 1. The highest BCUT2D eigenvalue weighted by molar-refractivity contribution is 5.66. The maximum Gasteiger partial charge on any atom is 0.143 e. The quantitative estimate of drug-likeness (QED) is 0.312. The summed E-state index contributed by atoms with van der Waals surface area (Å²) >= 11 is 0. The maximum absolute atomic E-state index is 10.4. The van der Waals surface area contributed by atoms with Gasteiger partial charge in [0.2, 0.25) is 0 Å². The maximum atomic E-state index is 10.4. The molecule has 0 spiro atoms. The molecule has 22 heavy (non-hydrogen) atoms. The molecule has 0 aromatic carbocycles. The summed E-state index contributed by atoms with van der Waals surface area (Å²) in [5.41, 5.74) is 2.24. The minimum atomic E-state index is -0.107. The number of carbonyl (C=O) groups is 1. The lowest BCUT2D eigenvalue weighted by molar-refractivity contribution is -0.104. The Hall–Kier alpha value is -1.41. The Morgan fingerprint density at radius 2 is 1.68 bits per heavy atom. The second-order valence-electron chi connectivity index (χ2n) is 7.46. The minimum absolute atomic E-state index is 0.0185. The fraction of sp³-hybridized carbons (Fsp3) is 0.550. The van der Waals surface area contributed by atoms with Gasteiger partial charge in [0.15, 0.2) is 0 Å². The number of epoxide rings is 1. The van der Waals surface area contributed by atoms with Crippen molar-refractivity contribution >= 4 is 6.29 Å². The SMILES string of the molecule is CC(/C=C/C=C(C)/C=C/C12OC1(C)CCCC2(C)C)=C\C=O. The first kappa shape index (κ1) is 17.0. The number of hydrogen-bond donors (Lipinski definition) is 0. The predicted molar refractivity (Wildman–Crippen MR) is 91.7 cm³/mol. The van der Waals surface area contributed by atoms with Gasteiger partial charge >= 0.3 is 0 Å². The molecule has 0 amide bonds. The van der Waals surface area contributed by atoms with E-state index in [4.69, 9.17) is 4.74 Å². The summed E-state index contributed by atoms with van der Waals surface area (Å²) in [5, 5.41) is 0. The van der Waals surface area contributed by atoms with Crippen LogP contribution in [0.3, 0.4) is 0 Å². The van der Waals surface area contributed by atoms with E-state index in [1.165, 1.54) is 18.4 Å². The van der Waals surface area contributed by atoms with E-state index in [1.54, 1.807) is 6.08 Å². The summed E-state index contributed by atoms with van der Waals surface area (Å²) in [6.07, 6.45) is 16.4. The third-order valence-electron chi connectivity index (χ3n) is 5.22. The molecular weight excluding hydrogens is 272 g/mol. The molecule has 1 aliphatic heterocycles. The van der Waals surface area contributed by atoms with Crippen LogP contribution in [0, 0.1) is 5.41 Å². The van der Waals surface area contributed by atoms with Crippen molar-refractivity contribution < 1.29 is 9.53 Å². The largest absolute Gasteiger partial charge is 0.358 e. The van der Waals surface area contributed by atoms with Gasteiger partial charge < -0.3 is 4.74 Å². The van der Waals surface area contributed by atoms with Gasteiger partial charge in [0, 0.05) is 5.41 Å². The first-order valence-corrected chi connectivity index (χ1v) is 8.13. The molecule has 2 heteroatoms. The smallest absolute Gasteiger partial charge is 0.143 e. The molecule has 2 atom stereocenters. The molecule has 2 nitrogen and oxygen atoms in total.